The van der Waals surface area contributed by atoms with Gasteiger partial charge in [0.1, 0.15) is 0 Å². The van der Waals surface area contributed by atoms with E-state index in [2.05, 4.69) is 18.7 Å². The molecule has 2 rings (SSSR count). The van der Waals surface area contributed by atoms with Crippen LogP contribution in [0.3, 0.4) is 0 Å². The molecule has 0 aliphatic heterocycles. The van der Waals surface area contributed by atoms with Crippen LogP contribution in [0.2, 0.25) is 0 Å². The van der Waals surface area contributed by atoms with E-state index in [1.165, 1.54) is 32.1 Å². The fourth-order valence-electron chi connectivity index (χ4n) is 4.21. The quantitative estimate of drug-likeness (QED) is 0.815. The first kappa shape index (κ1) is 16.3. The molecule has 3 nitrogen and oxygen atoms in total. The van der Waals surface area contributed by atoms with E-state index in [9.17, 15) is 10.2 Å². The van der Waals surface area contributed by atoms with Gasteiger partial charge in [-0.05, 0) is 43.4 Å². The van der Waals surface area contributed by atoms with Gasteiger partial charge >= 0.3 is 0 Å². The van der Waals surface area contributed by atoms with Crippen LogP contribution in [0.25, 0.3) is 0 Å². The number of hydrogen-bond acceptors (Lipinski definition) is 3. The van der Waals surface area contributed by atoms with Crippen LogP contribution in [-0.2, 0) is 0 Å². The second-order valence-electron chi connectivity index (χ2n) is 7.74. The highest BCUT2D eigenvalue weighted by molar-refractivity contribution is 4.88. The summed E-state index contributed by atoms with van der Waals surface area (Å²) in [5, 5.41) is 19.7. The van der Waals surface area contributed by atoms with Crippen molar-refractivity contribution in [3.8, 4) is 0 Å². The molecule has 118 valence electrons. The van der Waals surface area contributed by atoms with Crippen LogP contribution in [0.4, 0.5) is 0 Å². The lowest BCUT2D eigenvalue weighted by atomic mass is 9.70. The Morgan fingerprint density at radius 2 is 1.80 bits per heavy atom. The molecule has 0 spiro atoms. The van der Waals surface area contributed by atoms with Crippen molar-refractivity contribution in [1.82, 2.24) is 4.90 Å². The Morgan fingerprint density at radius 3 is 2.45 bits per heavy atom. The third-order valence-electron chi connectivity index (χ3n) is 5.42. The molecule has 2 N–H and O–H groups in total. The van der Waals surface area contributed by atoms with Crippen LogP contribution in [-0.4, -0.2) is 47.0 Å². The summed E-state index contributed by atoms with van der Waals surface area (Å²) in [5.74, 6) is 0.382. The molecule has 3 heteroatoms. The standard InChI is InChI=1S/C17H33NO2/c1-17(2)9-8-16(20)14(12-17)13-18(10-11-19)15-6-4-3-5-7-15/h14-16,19-20H,3-13H2,1-2H3. The van der Waals surface area contributed by atoms with Gasteiger partial charge in [-0.1, -0.05) is 33.1 Å². The number of aliphatic hydroxyl groups excluding tert-OH is 2. The van der Waals surface area contributed by atoms with Crippen LogP contribution in [0, 0.1) is 11.3 Å². The summed E-state index contributed by atoms with van der Waals surface area (Å²) in [6, 6.07) is 0.633. The van der Waals surface area contributed by atoms with E-state index in [0.717, 1.165) is 32.4 Å². The summed E-state index contributed by atoms with van der Waals surface area (Å²) in [7, 11) is 0. The lowest BCUT2D eigenvalue weighted by Gasteiger charge is -2.43. The van der Waals surface area contributed by atoms with E-state index >= 15 is 0 Å². The van der Waals surface area contributed by atoms with Crippen LogP contribution in [0.1, 0.15) is 65.2 Å². The fourth-order valence-corrected chi connectivity index (χ4v) is 4.21. The highest BCUT2D eigenvalue weighted by Gasteiger charge is 2.35. The minimum atomic E-state index is -0.146. The lowest BCUT2D eigenvalue weighted by Crippen LogP contribution is -2.46. The molecule has 0 aromatic carbocycles. The number of hydrogen-bond donors (Lipinski definition) is 2. The fraction of sp³-hybridized carbons (Fsp3) is 1.00. The maximum absolute atomic E-state index is 10.3. The van der Waals surface area contributed by atoms with Gasteiger partial charge in [0.2, 0.25) is 0 Å². The summed E-state index contributed by atoms with van der Waals surface area (Å²) in [4.78, 5) is 2.47. The van der Waals surface area contributed by atoms with Gasteiger partial charge in [0, 0.05) is 19.1 Å². The van der Waals surface area contributed by atoms with Crippen molar-refractivity contribution in [2.24, 2.45) is 11.3 Å². The Balaban J connectivity index is 1.95. The number of aliphatic hydroxyl groups is 2. The maximum atomic E-state index is 10.3. The van der Waals surface area contributed by atoms with Crippen molar-refractivity contribution in [2.45, 2.75) is 77.4 Å². The van der Waals surface area contributed by atoms with Gasteiger partial charge in [-0.3, -0.25) is 4.90 Å². The van der Waals surface area contributed by atoms with Gasteiger partial charge in [-0.2, -0.15) is 0 Å². The Kier molecular flexibility index (Phi) is 5.88. The second kappa shape index (κ2) is 7.24. The third kappa shape index (κ3) is 4.44. The average Bonchev–Trinajstić information content (AvgIpc) is 2.43. The first-order valence-corrected chi connectivity index (χ1v) is 8.55. The largest absolute Gasteiger partial charge is 0.395 e. The summed E-state index contributed by atoms with van der Waals surface area (Å²) >= 11 is 0. The van der Waals surface area contributed by atoms with Crippen molar-refractivity contribution in [2.75, 3.05) is 19.7 Å². The molecule has 2 aliphatic rings. The maximum Gasteiger partial charge on any atom is 0.0581 e. The lowest BCUT2D eigenvalue weighted by molar-refractivity contribution is -0.00893. The second-order valence-corrected chi connectivity index (χ2v) is 7.74. The molecule has 2 unspecified atom stereocenters. The molecule has 0 bridgehead atoms. The summed E-state index contributed by atoms with van der Waals surface area (Å²) < 4.78 is 0. The highest BCUT2D eigenvalue weighted by atomic mass is 16.3. The summed E-state index contributed by atoms with van der Waals surface area (Å²) in [6.07, 6.45) is 9.59. The van der Waals surface area contributed by atoms with Gasteiger partial charge in [0.25, 0.3) is 0 Å². The van der Waals surface area contributed by atoms with Crippen molar-refractivity contribution in [3.05, 3.63) is 0 Å². The molecule has 0 radical (unpaired) electrons. The molecule has 0 saturated heterocycles. The van der Waals surface area contributed by atoms with Crippen LogP contribution in [0.5, 0.6) is 0 Å². The molecular formula is C17H33NO2. The monoisotopic (exact) mass is 283 g/mol. The van der Waals surface area contributed by atoms with Gasteiger partial charge in [0.15, 0.2) is 0 Å². The average molecular weight is 283 g/mol. The van der Waals surface area contributed by atoms with E-state index in [-0.39, 0.29) is 12.7 Å². The van der Waals surface area contributed by atoms with Crippen molar-refractivity contribution in [3.63, 3.8) is 0 Å². The van der Waals surface area contributed by atoms with E-state index in [4.69, 9.17) is 0 Å². The topological polar surface area (TPSA) is 43.7 Å². The molecule has 2 atom stereocenters. The molecular weight excluding hydrogens is 250 g/mol. The molecule has 2 fully saturated rings. The predicted molar refractivity (Wildman–Crippen MR) is 82.7 cm³/mol. The molecule has 2 aliphatic carbocycles. The first-order valence-electron chi connectivity index (χ1n) is 8.55. The zero-order valence-electron chi connectivity index (χ0n) is 13.4. The minimum absolute atomic E-state index is 0.146. The Morgan fingerprint density at radius 1 is 1.10 bits per heavy atom. The zero-order valence-corrected chi connectivity index (χ0v) is 13.4. The highest BCUT2D eigenvalue weighted by Crippen LogP contribution is 2.39. The normalized spacial score (nSPS) is 31.6. The summed E-state index contributed by atoms with van der Waals surface area (Å²) in [6.45, 7) is 6.62. The van der Waals surface area contributed by atoms with Crippen molar-refractivity contribution in [1.29, 1.82) is 0 Å². The van der Waals surface area contributed by atoms with E-state index in [0.29, 0.717) is 17.4 Å². The van der Waals surface area contributed by atoms with Crippen molar-refractivity contribution >= 4 is 0 Å². The van der Waals surface area contributed by atoms with Crippen molar-refractivity contribution < 1.29 is 10.2 Å². The predicted octanol–water partition coefficient (Wildman–Crippen LogP) is 2.80. The summed E-state index contributed by atoms with van der Waals surface area (Å²) in [5.41, 5.74) is 0.362. The number of rotatable bonds is 5. The molecule has 0 aromatic heterocycles. The van der Waals surface area contributed by atoms with Crippen LogP contribution >= 0.6 is 0 Å². The molecule has 20 heavy (non-hydrogen) atoms. The van der Waals surface area contributed by atoms with Gasteiger partial charge in [-0.25, -0.2) is 0 Å². The minimum Gasteiger partial charge on any atom is -0.395 e. The smallest absolute Gasteiger partial charge is 0.0581 e. The zero-order chi connectivity index (χ0) is 14.6. The van der Waals surface area contributed by atoms with Gasteiger partial charge < -0.3 is 10.2 Å². The molecule has 0 heterocycles. The number of nitrogens with zero attached hydrogens (tertiary/aromatic N) is 1. The molecule has 0 amide bonds. The Labute approximate surface area is 124 Å². The SMILES string of the molecule is CC1(C)CCC(O)C(CN(CCO)C2CCCCC2)C1. The third-order valence-corrected chi connectivity index (χ3v) is 5.42. The first-order chi connectivity index (χ1) is 9.52. The van der Waals surface area contributed by atoms with E-state index in [1.54, 1.807) is 0 Å². The van der Waals surface area contributed by atoms with Crippen LogP contribution < -0.4 is 0 Å². The Hall–Kier alpha value is -0.120. The van der Waals surface area contributed by atoms with E-state index < -0.39 is 0 Å². The van der Waals surface area contributed by atoms with E-state index in [1.807, 2.05) is 0 Å². The molecule has 2 saturated carbocycles. The Bertz CT molecular complexity index is 287. The van der Waals surface area contributed by atoms with Crippen LogP contribution in [0.15, 0.2) is 0 Å². The van der Waals surface area contributed by atoms with Gasteiger partial charge in [0.05, 0.1) is 12.7 Å². The van der Waals surface area contributed by atoms with Gasteiger partial charge in [-0.15, -0.1) is 0 Å². The molecule has 0 aromatic rings.